The van der Waals surface area contributed by atoms with Crippen LogP contribution < -0.4 is 5.32 Å². The molecule has 3 nitrogen and oxygen atoms in total. The molecular weight excluding hydrogens is 274 g/mol. The van der Waals surface area contributed by atoms with Gasteiger partial charge in [-0.2, -0.15) is 0 Å². The second-order valence-corrected chi connectivity index (χ2v) is 4.84. The summed E-state index contributed by atoms with van der Waals surface area (Å²) in [5.41, 5.74) is 2.10. The van der Waals surface area contributed by atoms with Crippen LogP contribution in [0.2, 0.25) is 0 Å². The third-order valence-electron chi connectivity index (χ3n) is 2.93. The molecule has 0 saturated carbocycles. The molecule has 1 amide bonds. The Bertz CT molecular complexity index is 599. The first-order chi connectivity index (χ1) is 9.70. The van der Waals surface area contributed by atoms with Gasteiger partial charge in [-0.3, -0.25) is 4.79 Å². The summed E-state index contributed by atoms with van der Waals surface area (Å²) in [6.45, 7) is 0. The lowest BCUT2D eigenvalue weighted by Crippen LogP contribution is -2.12. The highest BCUT2D eigenvalue weighted by Crippen LogP contribution is 2.18. The van der Waals surface area contributed by atoms with E-state index in [0.29, 0.717) is 11.6 Å². The normalized spacial score (nSPS) is 10.2. The largest absolute Gasteiger partial charge is 0.507 e. The van der Waals surface area contributed by atoms with Crippen molar-refractivity contribution in [1.82, 2.24) is 0 Å². The zero-order valence-electron chi connectivity index (χ0n) is 11.0. The maximum atomic E-state index is 12.1. The Labute approximate surface area is 123 Å². The average molecular weight is 290 g/mol. The molecule has 0 fully saturated rings. The fourth-order valence-corrected chi connectivity index (χ4v) is 2.07. The predicted molar refractivity (Wildman–Crippen MR) is 81.5 cm³/mol. The zero-order valence-corrected chi connectivity index (χ0v) is 11.7. The Morgan fingerprint density at radius 1 is 1.15 bits per heavy atom. The first kappa shape index (κ1) is 14.4. The van der Waals surface area contributed by atoms with Gasteiger partial charge in [0.1, 0.15) is 5.75 Å². The highest BCUT2D eigenvalue weighted by molar-refractivity contribution is 6.17. The minimum atomic E-state index is -0.322. The second-order valence-electron chi connectivity index (χ2n) is 4.46. The number of carbonyl (C=O) groups is 1. The van der Waals surface area contributed by atoms with Gasteiger partial charge in [-0.05, 0) is 42.7 Å². The molecule has 0 aromatic heterocycles. The first-order valence-corrected chi connectivity index (χ1v) is 6.98. The molecule has 0 bridgehead atoms. The number of aryl methyl sites for hydroxylation is 1. The number of hydrogen-bond donors (Lipinski definition) is 2. The maximum Gasteiger partial charge on any atom is 0.259 e. The average Bonchev–Trinajstić information content (AvgIpc) is 2.46. The van der Waals surface area contributed by atoms with Gasteiger partial charge in [0, 0.05) is 11.6 Å². The lowest BCUT2D eigenvalue weighted by molar-refractivity contribution is 0.102. The summed E-state index contributed by atoms with van der Waals surface area (Å²) in [6, 6.07) is 14.1. The van der Waals surface area contributed by atoms with E-state index in [1.165, 1.54) is 6.07 Å². The number of phenolic OH excluding ortho intramolecular Hbond substituents is 1. The Kier molecular flexibility index (Phi) is 5.02. The highest BCUT2D eigenvalue weighted by atomic mass is 35.5. The summed E-state index contributed by atoms with van der Waals surface area (Å²) in [7, 11) is 0. The number of para-hydroxylation sites is 1. The van der Waals surface area contributed by atoms with Crippen LogP contribution in [0.1, 0.15) is 22.3 Å². The molecule has 0 heterocycles. The number of alkyl halides is 1. The Morgan fingerprint density at radius 3 is 2.70 bits per heavy atom. The first-order valence-electron chi connectivity index (χ1n) is 6.45. The van der Waals surface area contributed by atoms with Gasteiger partial charge in [0.05, 0.1) is 5.56 Å². The van der Waals surface area contributed by atoms with Crippen molar-refractivity contribution in [3.05, 3.63) is 59.7 Å². The monoisotopic (exact) mass is 289 g/mol. The van der Waals surface area contributed by atoms with E-state index in [2.05, 4.69) is 5.32 Å². The van der Waals surface area contributed by atoms with Crippen LogP contribution in [0.25, 0.3) is 0 Å². The van der Waals surface area contributed by atoms with Crippen molar-refractivity contribution < 1.29 is 9.90 Å². The lowest BCUT2D eigenvalue weighted by Gasteiger charge is -2.08. The highest BCUT2D eigenvalue weighted by Gasteiger charge is 2.10. The molecule has 4 heteroatoms. The molecule has 0 atom stereocenters. The fraction of sp³-hybridized carbons (Fsp3) is 0.188. The molecular formula is C16H16ClNO2. The number of aromatic hydroxyl groups is 1. The van der Waals surface area contributed by atoms with Gasteiger partial charge in [-0.15, -0.1) is 11.6 Å². The van der Waals surface area contributed by atoms with Gasteiger partial charge in [0.15, 0.2) is 0 Å². The molecule has 0 spiro atoms. The van der Waals surface area contributed by atoms with Gasteiger partial charge in [0.2, 0.25) is 0 Å². The number of phenols is 1. The number of hydrogen-bond acceptors (Lipinski definition) is 2. The van der Waals surface area contributed by atoms with Crippen LogP contribution in [-0.2, 0) is 6.42 Å². The van der Waals surface area contributed by atoms with E-state index >= 15 is 0 Å². The summed E-state index contributed by atoms with van der Waals surface area (Å²) >= 11 is 5.68. The summed E-state index contributed by atoms with van der Waals surface area (Å²) < 4.78 is 0. The molecule has 0 saturated heterocycles. The number of amides is 1. The molecule has 2 N–H and O–H groups in total. The van der Waals surface area contributed by atoms with E-state index in [4.69, 9.17) is 11.6 Å². The lowest BCUT2D eigenvalue weighted by atomic mass is 10.1. The van der Waals surface area contributed by atoms with Gasteiger partial charge in [0.25, 0.3) is 5.91 Å². The molecule has 0 unspecified atom stereocenters. The topological polar surface area (TPSA) is 49.3 Å². The molecule has 0 radical (unpaired) electrons. The van der Waals surface area contributed by atoms with Crippen LogP contribution in [-0.4, -0.2) is 16.9 Å². The quantitative estimate of drug-likeness (QED) is 0.822. The molecule has 104 valence electrons. The Morgan fingerprint density at radius 2 is 1.95 bits per heavy atom. The summed E-state index contributed by atoms with van der Waals surface area (Å²) in [6.07, 6.45) is 1.78. The SMILES string of the molecule is O=C(Nc1cccc(CCCCl)c1)c1ccccc1O. The third kappa shape index (κ3) is 3.75. The molecule has 0 aliphatic rings. The van der Waals surface area contributed by atoms with Crippen molar-refractivity contribution in [2.24, 2.45) is 0 Å². The van der Waals surface area contributed by atoms with Crippen LogP contribution in [0, 0.1) is 0 Å². The van der Waals surface area contributed by atoms with Crippen LogP contribution >= 0.6 is 11.6 Å². The van der Waals surface area contributed by atoms with E-state index in [1.807, 2.05) is 24.3 Å². The Hall–Kier alpha value is -2.00. The molecule has 0 aliphatic carbocycles. The number of nitrogens with one attached hydrogen (secondary N) is 1. The minimum absolute atomic E-state index is 0.0247. The number of anilines is 1. The zero-order chi connectivity index (χ0) is 14.4. The van der Waals surface area contributed by atoms with E-state index in [0.717, 1.165) is 18.4 Å². The van der Waals surface area contributed by atoms with Crippen molar-refractivity contribution >= 4 is 23.2 Å². The summed E-state index contributed by atoms with van der Waals surface area (Å²) in [5.74, 6) is 0.273. The third-order valence-corrected chi connectivity index (χ3v) is 3.20. The van der Waals surface area contributed by atoms with Crippen LogP contribution in [0.4, 0.5) is 5.69 Å². The Balaban J connectivity index is 2.10. The van der Waals surface area contributed by atoms with E-state index in [9.17, 15) is 9.90 Å². The number of carbonyl (C=O) groups excluding carboxylic acids is 1. The number of rotatable bonds is 5. The van der Waals surface area contributed by atoms with E-state index in [-0.39, 0.29) is 17.2 Å². The van der Waals surface area contributed by atoms with Gasteiger partial charge < -0.3 is 10.4 Å². The van der Waals surface area contributed by atoms with Crippen LogP contribution in [0.15, 0.2) is 48.5 Å². The van der Waals surface area contributed by atoms with Crippen molar-refractivity contribution in [2.45, 2.75) is 12.8 Å². The maximum absolute atomic E-state index is 12.1. The number of benzene rings is 2. The van der Waals surface area contributed by atoms with E-state index < -0.39 is 0 Å². The molecule has 2 rings (SSSR count). The number of halogens is 1. The van der Waals surface area contributed by atoms with Gasteiger partial charge in [-0.1, -0.05) is 24.3 Å². The van der Waals surface area contributed by atoms with Crippen molar-refractivity contribution in [3.8, 4) is 5.75 Å². The predicted octanol–water partition coefficient (Wildman–Crippen LogP) is 3.82. The summed E-state index contributed by atoms with van der Waals surface area (Å²) in [5, 5.41) is 12.4. The van der Waals surface area contributed by atoms with Crippen molar-refractivity contribution in [3.63, 3.8) is 0 Å². The smallest absolute Gasteiger partial charge is 0.259 e. The van der Waals surface area contributed by atoms with Gasteiger partial charge >= 0.3 is 0 Å². The van der Waals surface area contributed by atoms with Gasteiger partial charge in [-0.25, -0.2) is 0 Å². The van der Waals surface area contributed by atoms with Crippen molar-refractivity contribution in [1.29, 1.82) is 0 Å². The molecule has 0 aliphatic heterocycles. The standard InChI is InChI=1S/C16H16ClNO2/c17-10-4-6-12-5-3-7-13(11-12)18-16(20)14-8-1-2-9-15(14)19/h1-3,5,7-9,11,19H,4,6,10H2,(H,18,20). The van der Waals surface area contributed by atoms with Crippen LogP contribution in [0.3, 0.4) is 0 Å². The van der Waals surface area contributed by atoms with Crippen molar-refractivity contribution in [2.75, 3.05) is 11.2 Å². The molecule has 2 aromatic rings. The second kappa shape index (κ2) is 6.96. The molecule has 20 heavy (non-hydrogen) atoms. The van der Waals surface area contributed by atoms with E-state index in [1.54, 1.807) is 18.2 Å². The fourth-order valence-electron chi connectivity index (χ4n) is 1.94. The minimum Gasteiger partial charge on any atom is -0.507 e. The summed E-state index contributed by atoms with van der Waals surface area (Å²) in [4.78, 5) is 12.1. The molecule has 2 aromatic carbocycles. The van der Waals surface area contributed by atoms with Crippen LogP contribution in [0.5, 0.6) is 5.75 Å².